The number of hydrogen-bond donors (Lipinski definition) is 2. The number of alkyl halides is 6. The zero-order valence-corrected chi connectivity index (χ0v) is 16.9. The summed E-state index contributed by atoms with van der Waals surface area (Å²) in [6.45, 7) is 1.04. The first kappa shape index (κ1) is 23.8. The van der Waals surface area contributed by atoms with Crippen molar-refractivity contribution in [2.45, 2.75) is 19.3 Å². The van der Waals surface area contributed by atoms with Crippen molar-refractivity contribution in [3.63, 3.8) is 0 Å². The normalized spacial score (nSPS) is 11.7. The fraction of sp³-hybridized carbons (Fsp3) is 0.130. The van der Waals surface area contributed by atoms with Gasteiger partial charge in [0.25, 0.3) is 11.8 Å². The highest BCUT2D eigenvalue weighted by molar-refractivity contribution is 6.07. The van der Waals surface area contributed by atoms with Crippen LogP contribution in [-0.4, -0.2) is 11.8 Å². The Hall–Kier alpha value is -3.82. The summed E-state index contributed by atoms with van der Waals surface area (Å²) in [4.78, 5) is 24.9. The highest BCUT2D eigenvalue weighted by atomic mass is 19.4. The van der Waals surface area contributed by atoms with Gasteiger partial charge in [0.05, 0.1) is 16.8 Å². The maximum absolute atomic E-state index is 13.5. The lowest BCUT2D eigenvalue weighted by Crippen LogP contribution is -2.20. The quantitative estimate of drug-likeness (QED) is 0.429. The summed E-state index contributed by atoms with van der Waals surface area (Å²) in [6.07, 6.45) is -10.1. The van der Waals surface area contributed by atoms with Gasteiger partial charge < -0.3 is 10.6 Å². The first-order valence-electron chi connectivity index (χ1n) is 9.43. The van der Waals surface area contributed by atoms with Gasteiger partial charge in [-0.1, -0.05) is 24.3 Å². The summed E-state index contributed by atoms with van der Waals surface area (Å²) < 4.78 is 79.3. The Balaban J connectivity index is 1.89. The molecule has 0 aliphatic rings. The molecule has 0 aromatic heterocycles. The SMILES string of the molecule is Cc1cc(C(F)(F)F)cc(C(F)(F)F)c1NC(=O)c1cccc(NC(=O)c2ccccc2)c1. The van der Waals surface area contributed by atoms with E-state index in [4.69, 9.17) is 0 Å². The van der Waals surface area contributed by atoms with E-state index in [1.165, 1.54) is 24.3 Å². The molecule has 3 aromatic rings. The molecule has 0 radical (unpaired) electrons. The molecule has 0 saturated heterocycles. The number of carbonyl (C=O) groups excluding carboxylic acids is 2. The van der Waals surface area contributed by atoms with Gasteiger partial charge >= 0.3 is 12.4 Å². The van der Waals surface area contributed by atoms with Crippen LogP contribution in [-0.2, 0) is 12.4 Å². The second-order valence-electron chi connectivity index (χ2n) is 7.07. The van der Waals surface area contributed by atoms with Crippen LogP contribution in [0, 0.1) is 6.92 Å². The van der Waals surface area contributed by atoms with Crippen molar-refractivity contribution in [3.05, 3.63) is 94.5 Å². The van der Waals surface area contributed by atoms with Gasteiger partial charge in [0.2, 0.25) is 0 Å². The Morgan fingerprint density at radius 1 is 0.697 bits per heavy atom. The van der Waals surface area contributed by atoms with E-state index in [0.29, 0.717) is 11.6 Å². The molecule has 0 bridgehead atoms. The molecule has 0 saturated carbocycles. The second-order valence-corrected chi connectivity index (χ2v) is 7.07. The molecule has 3 rings (SSSR count). The summed E-state index contributed by atoms with van der Waals surface area (Å²) in [7, 11) is 0. The third-order valence-electron chi connectivity index (χ3n) is 4.63. The van der Waals surface area contributed by atoms with Crippen LogP contribution in [0.2, 0.25) is 0 Å². The largest absolute Gasteiger partial charge is 0.418 e. The average molecular weight is 466 g/mol. The first-order chi connectivity index (χ1) is 15.4. The van der Waals surface area contributed by atoms with Gasteiger partial charge in [-0.15, -0.1) is 0 Å². The summed E-state index contributed by atoms with van der Waals surface area (Å²) in [5.74, 6) is -1.45. The highest BCUT2D eigenvalue weighted by Crippen LogP contribution is 2.41. The number of hydrogen-bond acceptors (Lipinski definition) is 2. The van der Waals surface area contributed by atoms with Crippen molar-refractivity contribution < 1.29 is 35.9 Å². The Labute approximate surface area is 184 Å². The zero-order chi connectivity index (χ0) is 24.4. The molecule has 0 atom stereocenters. The molecule has 0 spiro atoms. The molecule has 4 nitrogen and oxygen atoms in total. The number of carbonyl (C=O) groups is 2. The maximum Gasteiger partial charge on any atom is 0.418 e. The van der Waals surface area contributed by atoms with Crippen LogP contribution in [0.25, 0.3) is 0 Å². The summed E-state index contributed by atoms with van der Waals surface area (Å²) in [5, 5.41) is 4.62. The predicted molar refractivity (Wildman–Crippen MR) is 110 cm³/mol. The molecule has 2 amide bonds. The van der Waals surface area contributed by atoms with Gasteiger partial charge in [0, 0.05) is 16.8 Å². The molecule has 10 heteroatoms. The van der Waals surface area contributed by atoms with Crippen molar-refractivity contribution in [1.29, 1.82) is 0 Å². The van der Waals surface area contributed by atoms with Crippen molar-refractivity contribution in [2.75, 3.05) is 10.6 Å². The minimum absolute atomic E-state index is 0.0425. The topological polar surface area (TPSA) is 58.2 Å². The molecule has 0 aliphatic heterocycles. The van der Waals surface area contributed by atoms with Crippen molar-refractivity contribution in [1.82, 2.24) is 0 Å². The molecule has 0 unspecified atom stereocenters. The lowest BCUT2D eigenvalue weighted by molar-refractivity contribution is -0.142. The minimum atomic E-state index is -5.14. The van der Waals surface area contributed by atoms with E-state index in [9.17, 15) is 35.9 Å². The van der Waals surface area contributed by atoms with Gasteiger partial charge in [-0.25, -0.2) is 0 Å². The van der Waals surface area contributed by atoms with Crippen LogP contribution < -0.4 is 10.6 Å². The van der Waals surface area contributed by atoms with Crippen LogP contribution in [0.5, 0.6) is 0 Å². The molecule has 0 fully saturated rings. The Bertz CT molecular complexity index is 1190. The number of halogens is 6. The fourth-order valence-corrected chi connectivity index (χ4v) is 3.06. The molecule has 0 aliphatic carbocycles. The van der Waals surface area contributed by atoms with E-state index < -0.39 is 46.5 Å². The summed E-state index contributed by atoms with van der Waals surface area (Å²) in [6, 6.07) is 14.1. The number of benzene rings is 3. The third kappa shape index (κ3) is 5.71. The number of rotatable bonds is 4. The lowest BCUT2D eigenvalue weighted by Gasteiger charge is -2.19. The van der Waals surface area contributed by atoms with Crippen LogP contribution in [0.15, 0.2) is 66.7 Å². The van der Waals surface area contributed by atoms with E-state index in [1.54, 1.807) is 30.3 Å². The van der Waals surface area contributed by atoms with Crippen molar-refractivity contribution >= 4 is 23.2 Å². The zero-order valence-electron chi connectivity index (χ0n) is 16.9. The van der Waals surface area contributed by atoms with E-state index in [1.807, 2.05) is 0 Å². The average Bonchev–Trinajstić information content (AvgIpc) is 2.74. The molecule has 0 heterocycles. The number of amides is 2. The fourth-order valence-electron chi connectivity index (χ4n) is 3.06. The van der Waals surface area contributed by atoms with Gasteiger partial charge in [0.1, 0.15) is 0 Å². The van der Waals surface area contributed by atoms with Crippen molar-refractivity contribution in [2.24, 2.45) is 0 Å². The Kier molecular flexibility index (Phi) is 6.48. The van der Waals surface area contributed by atoms with Crippen LogP contribution in [0.3, 0.4) is 0 Å². The Morgan fingerprint density at radius 3 is 1.91 bits per heavy atom. The highest BCUT2D eigenvalue weighted by Gasteiger charge is 2.39. The van der Waals surface area contributed by atoms with E-state index >= 15 is 0 Å². The smallest absolute Gasteiger partial charge is 0.322 e. The minimum Gasteiger partial charge on any atom is -0.322 e. The van der Waals surface area contributed by atoms with Crippen molar-refractivity contribution in [3.8, 4) is 0 Å². The predicted octanol–water partition coefficient (Wildman–Crippen LogP) is 6.54. The number of anilines is 2. The number of aryl methyl sites for hydroxylation is 1. The lowest BCUT2D eigenvalue weighted by atomic mass is 10.0. The van der Waals surface area contributed by atoms with Gasteiger partial charge in [-0.05, 0) is 55.0 Å². The molecule has 33 heavy (non-hydrogen) atoms. The van der Waals surface area contributed by atoms with E-state index in [0.717, 1.165) is 6.92 Å². The molecular weight excluding hydrogens is 450 g/mol. The molecule has 3 aromatic carbocycles. The number of nitrogens with one attached hydrogen (secondary N) is 2. The maximum atomic E-state index is 13.5. The third-order valence-corrected chi connectivity index (χ3v) is 4.63. The molecule has 2 N–H and O–H groups in total. The standard InChI is InChI=1S/C23H16F6N2O2/c1-13-10-16(22(24,25)26)12-18(23(27,28)29)19(13)31-21(33)15-8-5-9-17(11-15)30-20(32)14-6-3-2-4-7-14/h2-12H,1H3,(H,30,32)(H,31,33). The van der Waals surface area contributed by atoms with Gasteiger partial charge in [-0.2, -0.15) is 26.3 Å². The van der Waals surface area contributed by atoms with Crippen LogP contribution >= 0.6 is 0 Å². The second kappa shape index (κ2) is 8.97. The van der Waals surface area contributed by atoms with Gasteiger partial charge in [0.15, 0.2) is 0 Å². The summed E-state index contributed by atoms with van der Waals surface area (Å²) >= 11 is 0. The van der Waals surface area contributed by atoms with Crippen LogP contribution in [0.1, 0.15) is 37.4 Å². The Morgan fingerprint density at radius 2 is 1.30 bits per heavy atom. The van der Waals surface area contributed by atoms with E-state index in [2.05, 4.69) is 10.6 Å². The molecular formula is C23H16F6N2O2. The van der Waals surface area contributed by atoms with E-state index in [-0.39, 0.29) is 17.3 Å². The molecule has 172 valence electrons. The van der Waals surface area contributed by atoms with Gasteiger partial charge in [-0.3, -0.25) is 9.59 Å². The first-order valence-corrected chi connectivity index (χ1v) is 9.43. The summed E-state index contributed by atoms with van der Waals surface area (Å²) in [5.41, 5.74) is -3.82. The monoisotopic (exact) mass is 466 g/mol. The van der Waals surface area contributed by atoms with Crippen LogP contribution in [0.4, 0.5) is 37.7 Å².